The zero-order chi connectivity index (χ0) is 18.7. The molecule has 7 nitrogen and oxygen atoms in total. The van der Waals surface area contributed by atoms with E-state index >= 15 is 0 Å². The summed E-state index contributed by atoms with van der Waals surface area (Å²) in [7, 11) is 2.96. The highest BCUT2D eigenvalue weighted by atomic mass is 79.9. The molecule has 134 valence electrons. The van der Waals surface area contributed by atoms with E-state index in [-0.39, 0.29) is 5.56 Å². The second-order valence-electron chi connectivity index (χ2n) is 4.89. The lowest BCUT2D eigenvalue weighted by molar-refractivity contribution is 0.102. The van der Waals surface area contributed by atoms with Gasteiger partial charge in [-0.05, 0) is 34.1 Å². The van der Waals surface area contributed by atoms with Crippen molar-refractivity contribution in [2.75, 3.05) is 19.5 Å². The molecule has 0 bridgehead atoms. The molecule has 1 N–H and O–H groups in total. The number of nitrogens with zero attached hydrogens (tertiary/aromatic N) is 3. The molecule has 3 rings (SSSR count). The summed E-state index contributed by atoms with van der Waals surface area (Å²) in [5, 5.41) is 11.9. The van der Waals surface area contributed by atoms with Crippen LogP contribution in [0.25, 0.3) is 10.7 Å². The van der Waals surface area contributed by atoms with Crippen LogP contribution in [0.1, 0.15) is 10.4 Å². The molecule has 0 fully saturated rings. The van der Waals surface area contributed by atoms with Crippen molar-refractivity contribution in [3.05, 3.63) is 45.5 Å². The number of nitrogens with one attached hydrogen (secondary N) is 1. The quantitative estimate of drug-likeness (QED) is 0.618. The molecule has 0 spiro atoms. The van der Waals surface area contributed by atoms with Crippen molar-refractivity contribution in [2.45, 2.75) is 0 Å². The number of ether oxygens (including phenoxy) is 2. The van der Waals surface area contributed by atoms with Crippen molar-refractivity contribution < 1.29 is 14.3 Å². The first kappa shape index (κ1) is 18.6. The molecule has 0 aliphatic heterocycles. The first-order chi connectivity index (χ1) is 12.5. The minimum Gasteiger partial charge on any atom is -0.496 e. The van der Waals surface area contributed by atoms with Crippen LogP contribution in [-0.2, 0) is 0 Å². The van der Waals surface area contributed by atoms with Gasteiger partial charge in [-0.25, -0.2) is 0 Å². The molecule has 10 heteroatoms. The maximum Gasteiger partial charge on any atom is 0.265 e. The van der Waals surface area contributed by atoms with Crippen LogP contribution < -0.4 is 14.8 Å². The number of carbonyl (C=O) groups excluding carboxylic acids is 1. The number of pyridine rings is 1. The van der Waals surface area contributed by atoms with Gasteiger partial charge in [0.2, 0.25) is 5.13 Å². The van der Waals surface area contributed by atoms with E-state index in [9.17, 15) is 4.79 Å². The summed E-state index contributed by atoms with van der Waals surface area (Å²) >= 11 is 10.6. The van der Waals surface area contributed by atoms with Gasteiger partial charge >= 0.3 is 0 Å². The summed E-state index contributed by atoms with van der Waals surface area (Å²) in [6, 6.07) is 6.80. The molecule has 2 heterocycles. The molecular formula is C16H12BrClN4O3S. The second kappa shape index (κ2) is 7.98. The lowest BCUT2D eigenvalue weighted by Crippen LogP contribution is -2.14. The number of hydrogen-bond acceptors (Lipinski definition) is 7. The van der Waals surface area contributed by atoms with Crippen LogP contribution in [0.2, 0.25) is 5.02 Å². The highest BCUT2D eigenvalue weighted by molar-refractivity contribution is 9.10. The molecule has 0 saturated carbocycles. The average Bonchev–Trinajstić information content (AvgIpc) is 3.08. The Bertz CT molecular complexity index is 944. The molecule has 0 aliphatic rings. The Kier molecular flexibility index (Phi) is 5.70. The normalized spacial score (nSPS) is 10.5. The fourth-order valence-electron chi connectivity index (χ4n) is 2.18. The predicted molar refractivity (Wildman–Crippen MR) is 103 cm³/mol. The monoisotopic (exact) mass is 454 g/mol. The third kappa shape index (κ3) is 3.79. The van der Waals surface area contributed by atoms with Crippen LogP contribution in [0, 0.1) is 0 Å². The van der Waals surface area contributed by atoms with E-state index in [4.69, 9.17) is 21.1 Å². The zero-order valence-corrected chi connectivity index (χ0v) is 16.8. The molecule has 0 saturated heterocycles. The van der Waals surface area contributed by atoms with Crippen LogP contribution in [0.15, 0.2) is 34.9 Å². The van der Waals surface area contributed by atoms with Crippen molar-refractivity contribution in [3.63, 3.8) is 0 Å². The van der Waals surface area contributed by atoms with Crippen molar-refractivity contribution in [1.29, 1.82) is 0 Å². The lowest BCUT2D eigenvalue weighted by Gasteiger charge is -2.11. The molecule has 26 heavy (non-hydrogen) atoms. The molecule has 0 atom stereocenters. The van der Waals surface area contributed by atoms with Crippen LogP contribution >= 0.6 is 38.9 Å². The predicted octanol–water partition coefficient (Wildman–Crippen LogP) is 4.29. The summed E-state index contributed by atoms with van der Waals surface area (Å²) in [5.41, 5.74) is 0.761. The number of amides is 1. The summed E-state index contributed by atoms with van der Waals surface area (Å²) in [6.07, 6.45) is 1.61. The molecule has 1 amide bonds. The van der Waals surface area contributed by atoms with Gasteiger partial charge in [0.1, 0.15) is 22.8 Å². The molecule has 3 aromatic rings. The number of carbonyl (C=O) groups is 1. The zero-order valence-electron chi connectivity index (χ0n) is 13.6. The van der Waals surface area contributed by atoms with Crippen LogP contribution in [-0.4, -0.2) is 35.3 Å². The third-order valence-corrected chi connectivity index (χ3v) is 4.88. The van der Waals surface area contributed by atoms with Gasteiger partial charge in [-0.1, -0.05) is 29.0 Å². The lowest BCUT2D eigenvalue weighted by atomic mass is 10.1. The number of methoxy groups -OCH3 is 2. The van der Waals surface area contributed by atoms with E-state index < -0.39 is 5.91 Å². The summed E-state index contributed by atoms with van der Waals surface area (Å²) < 4.78 is 11.2. The highest BCUT2D eigenvalue weighted by Gasteiger charge is 2.20. The van der Waals surface area contributed by atoms with Crippen LogP contribution in [0.5, 0.6) is 11.5 Å². The smallest absolute Gasteiger partial charge is 0.265 e. The SMILES string of the molecule is COc1cccc(OC)c1C(=O)Nc1nnc(-c2ncc(Br)cc2Cl)s1. The molecular weight excluding hydrogens is 444 g/mol. The molecule has 2 aromatic heterocycles. The Labute approximate surface area is 166 Å². The number of aromatic nitrogens is 3. The second-order valence-corrected chi connectivity index (χ2v) is 7.19. The van der Waals surface area contributed by atoms with Crippen molar-refractivity contribution in [3.8, 4) is 22.2 Å². The summed E-state index contributed by atoms with van der Waals surface area (Å²) in [4.78, 5) is 16.9. The maximum atomic E-state index is 12.7. The van der Waals surface area contributed by atoms with Gasteiger partial charge in [0.25, 0.3) is 5.91 Å². The van der Waals surface area contributed by atoms with Gasteiger partial charge in [0.15, 0.2) is 5.01 Å². The molecule has 0 radical (unpaired) electrons. The Hall–Kier alpha value is -2.23. The minimum absolute atomic E-state index is 0.272. The standard InChI is InChI=1S/C16H12BrClN4O3S/c1-24-10-4-3-5-11(25-2)12(10)14(23)20-16-22-21-15(26-16)13-9(18)6-8(17)7-19-13/h3-7H,1-2H3,(H,20,22,23). The fourth-order valence-corrected chi connectivity index (χ4v) is 3.70. The molecule has 0 aliphatic carbocycles. The van der Waals surface area contributed by atoms with Crippen LogP contribution in [0.3, 0.4) is 0 Å². The van der Waals surface area contributed by atoms with E-state index in [1.54, 1.807) is 30.5 Å². The number of halogens is 2. The van der Waals surface area contributed by atoms with Crippen molar-refractivity contribution >= 4 is 49.9 Å². The van der Waals surface area contributed by atoms with E-state index in [0.717, 1.165) is 15.8 Å². The maximum absolute atomic E-state index is 12.7. The van der Waals surface area contributed by atoms with E-state index in [1.807, 2.05) is 0 Å². The number of rotatable bonds is 5. The number of hydrogen-bond donors (Lipinski definition) is 1. The summed E-state index contributed by atoms with van der Waals surface area (Å²) in [5.74, 6) is 0.366. The van der Waals surface area contributed by atoms with Gasteiger partial charge in [0, 0.05) is 10.7 Å². The Balaban J connectivity index is 1.87. The number of benzene rings is 1. The van der Waals surface area contributed by atoms with Crippen molar-refractivity contribution in [2.24, 2.45) is 0 Å². The van der Waals surface area contributed by atoms with Crippen molar-refractivity contribution in [1.82, 2.24) is 15.2 Å². The highest BCUT2D eigenvalue weighted by Crippen LogP contribution is 2.33. The van der Waals surface area contributed by atoms with Gasteiger partial charge in [-0.15, -0.1) is 10.2 Å². The van der Waals surface area contributed by atoms with Gasteiger partial charge in [-0.3, -0.25) is 15.1 Å². The Morgan fingerprint density at radius 1 is 1.23 bits per heavy atom. The van der Waals surface area contributed by atoms with Gasteiger partial charge < -0.3 is 9.47 Å². The van der Waals surface area contributed by atoms with E-state index in [0.29, 0.717) is 32.4 Å². The Morgan fingerprint density at radius 3 is 2.54 bits per heavy atom. The fraction of sp³-hybridized carbons (Fsp3) is 0.125. The largest absolute Gasteiger partial charge is 0.496 e. The molecule has 1 aromatic carbocycles. The van der Waals surface area contributed by atoms with Gasteiger partial charge in [-0.2, -0.15) is 0 Å². The molecule has 0 unspecified atom stereocenters. The number of anilines is 1. The van der Waals surface area contributed by atoms with E-state index in [2.05, 4.69) is 36.4 Å². The van der Waals surface area contributed by atoms with Gasteiger partial charge in [0.05, 0.1) is 19.2 Å². The topological polar surface area (TPSA) is 86.2 Å². The third-order valence-electron chi connectivity index (χ3n) is 3.31. The first-order valence-corrected chi connectivity index (χ1v) is 9.19. The average molecular weight is 456 g/mol. The van der Waals surface area contributed by atoms with E-state index in [1.165, 1.54) is 14.2 Å². The first-order valence-electron chi connectivity index (χ1n) is 7.20. The Morgan fingerprint density at radius 2 is 1.92 bits per heavy atom. The van der Waals surface area contributed by atoms with Crippen LogP contribution in [0.4, 0.5) is 5.13 Å². The minimum atomic E-state index is -0.420. The summed E-state index contributed by atoms with van der Waals surface area (Å²) in [6.45, 7) is 0.